The molecular formula is C19H16N4O2. The summed E-state index contributed by atoms with van der Waals surface area (Å²) in [6.45, 7) is 1.43. The molecule has 0 aliphatic rings. The molecule has 0 saturated carbocycles. The Hall–Kier alpha value is -3.54. The number of nitrogens with one attached hydrogen (secondary N) is 2. The summed E-state index contributed by atoms with van der Waals surface area (Å²) in [7, 11) is 0. The quantitative estimate of drug-likeness (QED) is 0.767. The van der Waals surface area contributed by atoms with Crippen LogP contribution in [0.1, 0.15) is 17.4 Å². The van der Waals surface area contributed by atoms with Crippen molar-refractivity contribution in [2.75, 3.05) is 10.6 Å². The summed E-state index contributed by atoms with van der Waals surface area (Å²) in [6, 6.07) is 19.9. The Morgan fingerprint density at radius 3 is 2.16 bits per heavy atom. The van der Waals surface area contributed by atoms with Gasteiger partial charge in [-0.2, -0.15) is 0 Å². The highest BCUT2D eigenvalue weighted by Gasteiger charge is 2.10. The fourth-order valence-corrected chi connectivity index (χ4v) is 2.29. The number of amides is 2. The molecular weight excluding hydrogens is 316 g/mol. The van der Waals surface area contributed by atoms with Gasteiger partial charge in [0.1, 0.15) is 0 Å². The van der Waals surface area contributed by atoms with E-state index in [2.05, 4.69) is 20.8 Å². The van der Waals surface area contributed by atoms with Crippen LogP contribution in [0.3, 0.4) is 0 Å². The fraction of sp³-hybridized carbons (Fsp3) is 0.0526. The minimum Gasteiger partial charge on any atom is -0.326 e. The van der Waals surface area contributed by atoms with E-state index < -0.39 is 0 Å². The minimum atomic E-state index is -0.368. The maximum Gasteiger partial charge on any atom is 0.276 e. The molecule has 25 heavy (non-hydrogen) atoms. The van der Waals surface area contributed by atoms with Gasteiger partial charge in [0.25, 0.3) is 5.91 Å². The van der Waals surface area contributed by atoms with E-state index in [1.807, 2.05) is 30.3 Å². The fourth-order valence-electron chi connectivity index (χ4n) is 2.29. The van der Waals surface area contributed by atoms with Crippen molar-refractivity contribution >= 4 is 23.2 Å². The number of rotatable bonds is 4. The first-order chi connectivity index (χ1) is 12.1. The molecule has 0 fully saturated rings. The van der Waals surface area contributed by atoms with E-state index in [-0.39, 0.29) is 17.5 Å². The molecule has 0 unspecified atom stereocenters. The molecule has 0 aliphatic carbocycles. The van der Waals surface area contributed by atoms with Crippen molar-refractivity contribution in [3.8, 4) is 11.3 Å². The molecule has 1 heterocycles. The number of carbonyl (C=O) groups is 2. The number of hydrogen-bond donors (Lipinski definition) is 2. The van der Waals surface area contributed by atoms with Crippen molar-refractivity contribution in [3.63, 3.8) is 0 Å². The summed E-state index contributed by atoms with van der Waals surface area (Å²) < 4.78 is 0. The average molecular weight is 332 g/mol. The van der Waals surface area contributed by atoms with Gasteiger partial charge in [-0.05, 0) is 30.3 Å². The number of benzene rings is 2. The van der Waals surface area contributed by atoms with Gasteiger partial charge >= 0.3 is 0 Å². The molecule has 6 heteroatoms. The molecule has 0 spiro atoms. The molecule has 3 rings (SSSR count). The first-order valence-electron chi connectivity index (χ1n) is 7.70. The number of nitrogens with zero attached hydrogens (tertiary/aromatic N) is 2. The summed E-state index contributed by atoms with van der Waals surface area (Å²) in [6.07, 6.45) is 0. The Morgan fingerprint density at radius 1 is 0.800 bits per heavy atom. The second-order valence-electron chi connectivity index (χ2n) is 5.39. The van der Waals surface area contributed by atoms with Gasteiger partial charge in [-0.15, -0.1) is 10.2 Å². The molecule has 1 aromatic heterocycles. The maximum absolute atomic E-state index is 12.3. The molecule has 0 bridgehead atoms. The van der Waals surface area contributed by atoms with Crippen LogP contribution in [0, 0.1) is 0 Å². The Bertz CT molecular complexity index is 893. The third-order valence-corrected chi connectivity index (χ3v) is 3.41. The molecule has 3 aromatic rings. The van der Waals surface area contributed by atoms with Crippen LogP contribution in [0.15, 0.2) is 66.7 Å². The van der Waals surface area contributed by atoms with Crippen molar-refractivity contribution in [2.45, 2.75) is 6.92 Å². The minimum absolute atomic E-state index is 0.175. The van der Waals surface area contributed by atoms with Gasteiger partial charge in [0.15, 0.2) is 5.69 Å². The lowest BCUT2D eigenvalue weighted by atomic mass is 10.1. The van der Waals surface area contributed by atoms with Gasteiger partial charge in [0.2, 0.25) is 5.91 Å². The monoisotopic (exact) mass is 332 g/mol. The smallest absolute Gasteiger partial charge is 0.276 e. The highest BCUT2D eigenvalue weighted by molar-refractivity contribution is 6.03. The summed E-state index contributed by atoms with van der Waals surface area (Å²) in [5.41, 5.74) is 3.01. The van der Waals surface area contributed by atoms with Crippen molar-refractivity contribution in [1.29, 1.82) is 0 Å². The second-order valence-corrected chi connectivity index (χ2v) is 5.39. The largest absolute Gasteiger partial charge is 0.326 e. The van der Waals surface area contributed by atoms with E-state index in [0.29, 0.717) is 17.1 Å². The standard InChI is InChI=1S/C19H16N4O2/c1-13(24)20-15-8-5-9-16(12-15)21-19(25)18-11-10-17(22-23-18)14-6-3-2-4-7-14/h2-12H,1H3,(H,20,24)(H,21,25). The average Bonchev–Trinajstić information content (AvgIpc) is 2.62. The zero-order chi connectivity index (χ0) is 17.6. The summed E-state index contributed by atoms with van der Waals surface area (Å²) in [5.74, 6) is -0.544. The van der Waals surface area contributed by atoms with E-state index in [4.69, 9.17) is 0 Å². The van der Waals surface area contributed by atoms with Crippen molar-refractivity contribution in [1.82, 2.24) is 10.2 Å². The Morgan fingerprint density at radius 2 is 1.52 bits per heavy atom. The third-order valence-electron chi connectivity index (χ3n) is 3.41. The molecule has 0 radical (unpaired) electrons. The highest BCUT2D eigenvalue weighted by Crippen LogP contribution is 2.17. The van der Waals surface area contributed by atoms with E-state index >= 15 is 0 Å². The van der Waals surface area contributed by atoms with E-state index in [9.17, 15) is 9.59 Å². The molecule has 0 atom stereocenters. The summed E-state index contributed by atoms with van der Waals surface area (Å²) in [5, 5.41) is 13.5. The highest BCUT2D eigenvalue weighted by atomic mass is 16.2. The molecule has 6 nitrogen and oxygen atoms in total. The molecule has 2 aromatic carbocycles. The van der Waals surface area contributed by atoms with Crippen molar-refractivity contribution in [3.05, 3.63) is 72.4 Å². The molecule has 0 aliphatic heterocycles. The van der Waals surface area contributed by atoms with Crippen LogP contribution in [0.25, 0.3) is 11.3 Å². The van der Waals surface area contributed by atoms with Crippen LogP contribution in [-0.4, -0.2) is 22.0 Å². The molecule has 2 N–H and O–H groups in total. The predicted octanol–water partition coefficient (Wildman–Crippen LogP) is 3.35. The van der Waals surface area contributed by atoms with E-state index in [1.165, 1.54) is 6.92 Å². The van der Waals surface area contributed by atoms with Crippen LogP contribution < -0.4 is 10.6 Å². The van der Waals surface area contributed by atoms with Gasteiger partial charge in [-0.1, -0.05) is 36.4 Å². The van der Waals surface area contributed by atoms with Gasteiger partial charge < -0.3 is 10.6 Å². The summed E-state index contributed by atoms with van der Waals surface area (Å²) in [4.78, 5) is 23.4. The zero-order valence-corrected chi connectivity index (χ0v) is 13.6. The Kier molecular flexibility index (Phi) is 4.80. The van der Waals surface area contributed by atoms with Crippen LogP contribution >= 0.6 is 0 Å². The lowest BCUT2D eigenvalue weighted by molar-refractivity contribution is -0.114. The number of aromatic nitrogens is 2. The van der Waals surface area contributed by atoms with Crippen molar-refractivity contribution < 1.29 is 9.59 Å². The normalized spacial score (nSPS) is 10.1. The zero-order valence-electron chi connectivity index (χ0n) is 13.6. The van der Waals surface area contributed by atoms with E-state index in [1.54, 1.807) is 36.4 Å². The number of anilines is 2. The topological polar surface area (TPSA) is 84.0 Å². The van der Waals surface area contributed by atoms with Gasteiger partial charge in [-0.25, -0.2) is 0 Å². The Balaban J connectivity index is 1.72. The van der Waals surface area contributed by atoms with Gasteiger partial charge in [0.05, 0.1) is 5.69 Å². The van der Waals surface area contributed by atoms with Crippen LogP contribution in [0.4, 0.5) is 11.4 Å². The maximum atomic E-state index is 12.3. The van der Waals surface area contributed by atoms with Crippen LogP contribution in [-0.2, 0) is 4.79 Å². The Labute approximate surface area is 144 Å². The lowest BCUT2D eigenvalue weighted by Crippen LogP contribution is -2.14. The first kappa shape index (κ1) is 16.3. The number of carbonyl (C=O) groups excluding carboxylic acids is 2. The number of hydrogen-bond acceptors (Lipinski definition) is 4. The van der Waals surface area contributed by atoms with Crippen LogP contribution in [0.5, 0.6) is 0 Å². The molecule has 2 amide bonds. The van der Waals surface area contributed by atoms with Crippen molar-refractivity contribution in [2.24, 2.45) is 0 Å². The third kappa shape index (κ3) is 4.26. The van der Waals surface area contributed by atoms with Gasteiger partial charge in [0, 0.05) is 23.9 Å². The first-order valence-corrected chi connectivity index (χ1v) is 7.70. The van der Waals surface area contributed by atoms with Gasteiger partial charge in [-0.3, -0.25) is 9.59 Å². The SMILES string of the molecule is CC(=O)Nc1cccc(NC(=O)c2ccc(-c3ccccc3)nn2)c1. The lowest BCUT2D eigenvalue weighted by Gasteiger charge is -2.07. The predicted molar refractivity (Wildman–Crippen MR) is 96.2 cm³/mol. The molecule has 124 valence electrons. The van der Waals surface area contributed by atoms with E-state index in [0.717, 1.165) is 5.56 Å². The molecule has 0 saturated heterocycles. The summed E-state index contributed by atoms with van der Waals surface area (Å²) >= 11 is 0. The second kappa shape index (κ2) is 7.35. The van der Waals surface area contributed by atoms with Crippen LogP contribution in [0.2, 0.25) is 0 Å².